The molecule has 13 heavy (non-hydrogen) atoms. The summed E-state index contributed by atoms with van der Waals surface area (Å²) >= 11 is 0. The molecular formula is C10H13NO2. The van der Waals surface area contributed by atoms with E-state index < -0.39 is 0 Å². The van der Waals surface area contributed by atoms with Crippen LogP contribution in [0.5, 0.6) is 0 Å². The number of aromatic nitrogens is 1. The highest BCUT2D eigenvalue weighted by atomic mass is 16.5. The van der Waals surface area contributed by atoms with Crippen molar-refractivity contribution in [3.63, 3.8) is 0 Å². The van der Waals surface area contributed by atoms with Crippen LogP contribution < -0.4 is 0 Å². The number of nitrogens with zero attached hydrogens (tertiary/aromatic N) is 1. The van der Waals surface area contributed by atoms with E-state index in [0.717, 1.165) is 16.8 Å². The lowest BCUT2D eigenvalue weighted by molar-refractivity contribution is -0.142. The van der Waals surface area contributed by atoms with E-state index in [1.165, 1.54) is 6.92 Å². The lowest BCUT2D eigenvalue weighted by Gasteiger charge is -2.05. The van der Waals surface area contributed by atoms with Gasteiger partial charge in [0.25, 0.3) is 0 Å². The lowest BCUT2D eigenvalue weighted by atomic mass is 10.2. The van der Waals surface area contributed by atoms with Crippen LogP contribution in [0.3, 0.4) is 0 Å². The average molecular weight is 179 g/mol. The number of carbonyl (C=O) groups excluding carboxylic acids is 1. The SMILES string of the molecule is CC(=O)OCc1ncc(C)cc1C. The first-order chi connectivity index (χ1) is 6.09. The number of carbonyl (C=O) groups is 1. The van der Waals surface area contributed by atoms with Gasteiger partial charge in [0, 0.05) is 13.1 Å². The minimum Gasteiger partial charge on any atom is -0.459 e. The summed E-state index contributed by atoms with van der Waals surface area (Å²) in [6, 6.07) is 2.02. The van der Waals surface area contributed by atoms with E-state index in [4.69, 9.17) is 4.74 Å². The first kappa shape index (κ1) is 9.71. The van der Waals surface area contributed by atoms with Crippen molar-refractivity contribution < 1.29 is 9.53 Å². The zero-order valence-corrected chi connectivity index (χ0v) is 8.13. The lowest BCUT2D eigenvalue weighted by Crippen LogP contribution is -2.02. The first-order valence-corrected chi connectivity index (χ1v) is 4.15. The predicted molar refractivity (Wildman–Crippen MR) is 49.2 cm³/mol. The molecule has 3 nitrogen and oxygen atoms in total. The second-order valence-corrected chi connectivity index (χ2v) is 3.06. The van der Waals surface area contributed by atoms with Crippen molar-refractivity contribution in [2.75, 3.05) is 0 Å². The van der Waals surface area contributed by atoms with Crippen LogP contribution in [-0.4, -0.2) is 11.0 Å². The van der Waals surface area contributed by atoms with Gasteiger partial charge in [0.15, 0.2) is 0 Å². The normalized spacial score (nSPS) is 9.77. The summed E-state index contributed by atoms with van der Waals surface area (Å²) in [5.74, 6) is -0.276. The van der Waals surface area contributed by atoms with Crippen LogP contribution in [0.15, 0.2) is 12.3 Å². The van der Waals surface area contributed by atoms with Crippen molar-refractivity contribution in [1.82, 2.24) is 4.98 Å². The Hall–Kier alpha value is -1.38. The standard InChI is InChI=1S/C10H13NO2/c1-7-4-8(2)10(11-5-7)6-13-9(3)12/h4-5H,6H2,1-3H3. The van der Waals surface area contributed by atoms with Gasteiger partial charge < -0.3 is 4.74 Å². The quantitative estimate of drug-likeness (QED) is 0.649. The molecule has 1 heterocycles. The summed E-state index contributed by atoms with van der Waals surface area (Å²) < 4.78 is 4.85. The number of pyridine rings is 1. The number of esters is 1. The summed E-state index contributed by atoms with van der Waals surface area (Å²) in [5.41, 5.74) is 2.99. The maximum atomic E-state index is 10.5. The van der Waals surface area contributed by atoms with E-state index >= 15 is 0 Å². The summed E-state index contributed by atoms with van der Waals surface area (Å²) in [5, 5.41) is 0. The highest BCUT2D eigenvalue weighted by Gasteiger charge is 2.01. The number of rotatable bonds is 2. The van der Waals surface area contributed by atoms with Crippen molar-refractivity contribution in [3.05, 3.63) is 29.1 Å². The molecule has 0 amide bonds. The second kappa shape index (κ2) is 4.03. The number of hydrogen-bond acceptors (Lipinski definition) is 3. The van der Waals surface area contributed by atoms with Crippen LogP contribution in [0, 0.1) is 13.8 Å². The van der Waals surface area contributed by atoms with Crippen LogP contribution in [0.25, 0.3) is 0 Å². The van der Waals surface area contributed by atoms with E-state index in [0.29, 0.717) is 0 Å². The Morgan fingerprint density at radius 1 is 1.54 bits per heavy atom. The highest BCUT2D eigenvalue weighted by Crippen LogP contribution is 2.07. The Morgan fingerprint density at radius 3 is 2.77 bits per heavy atom. The molecule has 3 heteroatoms. The van der Waals surface area contributed by atoms with Gasteiger partial charge in [-0.25, -0.2) is 0 Å². The molecule has 0 spiro atoms. The zero-order valence-electron chi connectivity index (χ0n) is 8.13. The van der Waals surface area contributed by atoms with Gasteiger partial charge >= 0.3 is 5.97 Å². The topological polar surface area (TPSA) is 39.2 Å². The average Bonchev–Trinajstić information content (AvgIpc) is 2.02. The minimum atomic E-state index is -0.276. The van der Waals surface area contributed by atoms with Crippen molar-refractivity contribution in [2.24, 2.45) is 0 Å². The number of ether oxygens (including phenoxy) is 1. The Labute approximate surface area is 77.8 Å². The number of hydrogen-bond donors (Lipinski definition) is 0. The van der Waals surface area contributed by atoms with E-state index in [2.05, 4.69) is 4.98 Å². The molecule has 0 fully saturated rings. The Balaban J connectivity index is 2.72. The van der Waals surface area contributed by atoms with Crippen LogP contribution in [0.1, 0.15) is 23.7 Å². The summed E-state index contributed by atoms with van der Waals surface area (Å²) in [7, 11) is 0. The fourth-order valence-electron chi connectivity index (χ4n) is 1.06. The molecule has 0 N–H and O–H groups in total. The van der Waals surface area contributed by atoms with Gasteiger partial charge in [-0.1, -0.05) is 6.07 Å². The van der Waals surface area contributed by atoms with Crippen molar-refractivity contribution in [2.45, 2.75) is 27.4 Å². The molecule has 0 saturated carbocycles. The number of aryl methyl sites for hydroxylation is 2. The van der Waals surface area contributed by atoms with Gasteiger partial charge in [0.2, 0.25) is 0 Å². The van der Waals surface area contributed by atoms with Gasteiger partial charge in [-0.3, -0.25) is 9.78 Å². The van der Waals surface area contributed by atoms with E-state index in [9.17, 15) is 4.79 Å². The third kappa shape index (κ3) is 2.86. The Bertz CT molecular complexity index is 321. The van der Waals surface area contributed by atoms with Gasteiger partial charge in [0.05, 0.1) is 5.69 Å². The molecule has 1 rings (SSSR count). The summed E-state index contributed by atoms with van der Waals surface area (Å²) in [6.45, 7) is 5.60. The highest BCUT2D eigenvalue weighted by molar-refractivity contribution is 5.65. The molecule has 0 aliphatic carbocycles. The molecule has 0 saturated heterocycles. The predicted octanol–water partition coefficient (Wildman–Crippen LogP) is 1.76. The monoisotopic (exact) mass is 179 g/mol. The van der Waals surface area contributed by atoms with Gasteiger partial charge in [0.1, 0.15) is 6.61 Å². The van der Waals surface area contributed by atoms with Crippen LogP contribution in [0.4, 0.5) is 0 Å². The summed E-state index contributed by atoms with van der Waals surface area (Å²) in [6.07, 6.45) is 1.77. The molecule has 1 aromatic rings. The molecule has 0 aliphatic rings. The largest absolute Gasteiger partial charge is 0.459 e. The fourth-order valence-corrected chi connectivity index (χ4v) is 1.06. The molecule has 0 unspecified atom stereocenters. The first-order valence-electron chi connectivity index (χ1n) is 4.15. The Kier molecular flexibility index (Phi) is 3.01. The molecule has 0 atom stereocenters. The minimum absolute atomic E-state index is 0.265. The Morgan fingerprint density at radius 2 is 2.23 bits per heavy atom. The van der Waals surface area contributed by atoms with Crippen molar-refractivity contribution >= 4 is 5.97 Å². The molecule has 0 bridgehead atoms. The smallest absolute Gasteiger partial charge is 0.303 e. The van der Waals surface area contributed by atoms with Gasteiger partial charge in [-0.15, -0.1) is 0 Å². The van der Waals surface area contributed by atoms with E-state index in [1.807, 2.05) is 19.9 Å². The van der Waals surface area contributed by atoms with Gasteiger partial charge in [-0.2, -0.15) is 0 Å². The van der Waals surface area contributed by atoms with Crippen LogP contribution in [0.2, 0.25) is 0 Å². The molecular weight excluding hydrogens is 166 g/mol. The molecule has 70 valence electrons. The molecule has 0 radical (unpaired) electrons. The third-order valence-corrected chi connectivity index (χ3v) is 1.74. The maximum Gasteiger partial charge on any atom is 0.303 e. The molecule has 0 aliphatic heterocycles. The van der Waals surface area contributed by atoms with Gasteiger partial charge in [-0.05, 0) is 25.0 Å². The zero-order chi connectivity index (χ0) is 9.84. The fraction of sp³-hybridized carbons (Fsp3) is 0.400. The van der Waals surface area contributed by atoms with E-state index in [1.54, 1.807) is 6.20 Å². The van der Waals surface area contributed by atoms with Crippen molar-refractivity contribution in [3.8, 4) is 0 Å². The van der Waals surface area contributed by atoms with Crippen molar-refractivity contribution in [1.29, 1.82) is 0 Å². The molecule has 1 aromatic heterocycles. The second-order valence-electron chi connectivity index (χ2n) is 3.06. The maximum absolute atomic E-state index is 10.5. The summed E-state index contributed by atoms with van der Waals surface area (Å²) in [4.78, 5) is 14.7. The third-order valence-electron chi connectivity index (χ3n) is 1.74. The van der Waals surface area contributed by atoms with Crippen LogP contribution in [-0.2, 0) is 16.1 Å². The molecule has 0 aromatic carbocycles. The van der Waals surface area contributed by atoms with E-state index in [-0.39, 0.29) is 12.6 Å². The van der Waals surface area contributed by atoms with Crippen LogP contribution >= 0.6 is 0 Å².